The molecule has 0 bridgehead atoms. The van der Waals surface area contributed by atoms with Crippen LogP contribution < -0.4 is 5.32 Å². The summed E-state index contributed by atoms with van der Waals surface area (Å²) in [5.74, 6) is 0.0126. The number of hydrogen-bond donors (Lipinski definition) is 1. The van der Waals surface area contributed by atoms with Gasteiger partial charge in [-0.1, -0.05) is 12.1 Å². The molecule has 1 atom stereocenters. The Bertz CT molecular complexity index is 757. The first-order chi connectivity index (χ1) is 11.3. The Morgan fingerprint density at radius 1 is 1.29 bits per heavy atom. The maximum atomic E-state index is 12.4. The van der Waals surface area contributed by atoms with E-state index >= 15 is 0 Å². The summed E-state index contributed by atoms with van der Waals surface area (Å²) in [5, 5.41) is 2.84. The zero-order valence-corrected chi connectivity index (χ0v) is 14.6. The van der Waals surface area contributed by atoms with Crippen molar-refractivity contribution in [2.24, 2.45) is 0 Å². The first kappa shape index (κ1) is 17.0. The summed E-state index contributed by atoms with van der Waals surface area (Å²) in [5.41, 5.74) is 0.782. The number of rotatable bonds is 4. The molecule has 130 valence electrons. The van der Waals surface area contributed by atoms with E-state index in [0.717, 1.165) is 18.5 Å². The van der Waals surface area contributed by atoms with Gasteiger partial charge in [0.15, 0.2) is 9.84 Å². The molecule has 0 aromatic heterocycles. The number of hydrogen-bond acceptors (Lipinski definition) is 4. The van der Waals surface area contributed by atoms with Crippen LogP contribution in [0.25, 0.3) is 0 Å². The summed E-state index contributed by atoms with van der Waals surface area (Å²) in [6, 6.07) is 7.12. The van der Waals surface area contributed by atoms with Crippen molar-refractivity contribution in [3.63, 3.8) is 0 Å². The minimum atomic E-state index is -3.06. The van der Waals surface area contributed by atoms with Crippen LogP contribution in [0.1, 0.15) is 42.1 Å². The van der Waals surface area contributed by atoms with Crippen molar-refractivity contribution < 1.29 is 18.0 Å². The summed E-state index contributed by atoms with van der Waals surface area (Å²) >= 11 is 0. The molecule has 2 aliphatic rings. The number of likely N-dealkylation sites (tertiary alicyclic amines) is 1. The highest BCUT2D eigenvalue weighted by molar-refractivity contribution is 7.91. The zero-order chi connectivity index (χ0) is 17.4. The molecule has 2 saturated heterocycles. The summed E-state index contributed by atoms with van der Waals surface area (Å²) in [6.07, 6.45) is 1.96. The molecule has 0 spiro atoms. The van der Waals surface area contributed by atoms with E-state index in [1.807, 2.05) is 17.0 Å². The largest absolute Gasteiger partial charge is 0.346 e. The quantitative estimate of drug-likeness (QED) is 0.882. The number of benzene rings is 1. The molecule has 2 fully saturated rings. The van der Waals surface area contributed by atoms with Gasteiger partial charge in [-0.15, -0.1) is 0 Å². The number of nitrogens with zero attached hydrogens (tertiary/aromatic N) is 1. The molecular weight excluding hydrogens is 328 g/mol. The molecule has 1 N–H and O–H groups in total. The highest BCUT2D eigenvalue weighted by Gasteiger charge is 2.39. The highest BCUT2D eigenvalue weighted by atomic mass is 32.2. The van der Waals surface area contributed by atoms with Crippen molar-refractivity contribution in [2.45, 2.75) is 38.3 Å². The van der Waals surface area contributed by atoms with Gasteiger partial charge in [-0.25, -0.2) is 8.42 Å². The second kappa shape index (κ2) is 6.20. The second-order valence-corrected chi connectivity index (χ2v) is 9.16. The first-order valence-corrected chi connectivity index (χ1v) is 9.98. The highest BCUT2D eigenvalue weighted by Crippen LogP contribution is 2.23. The molecule has 24 heavy (non-hydrogen) atoms. The van der Waals surface area contributed by atoms with Gasteiger partial charge in [-0.05, 0) is 37.5 Å². The normalized spacial score (nSPS) is 25.9. The van der Waals surface area contributed by atoms with Crippen LogP contribution in [0, 0.1) is 0 Å². The Labute approximate surface area is 142 Å². The summed E-state index contributed by atoms with van der Waals surface area (Å²) in [6.45, 7) is 3.12. The van der Waals surface area contributed by atoms with E-state index in [4.69, 9.17) is 0 Å². The molecule has 7 heteroatoms. The molecule has 0 aliphatic carbocycles. The lowest BCUT2D eigenvalue weighted by molar-refractivity contribution is -0.128. The van der Waals surface area contributed by atoms with Crippen LogP contribution in [0.4, 0.5) is 0 Å². The maximum Gasteiger partial charge on any atom is 0.251 e. The minimum absolute atomic E-state index is 0.0130. The van der Waals surface area contributed by atoms with Crippen LogP contribution >= 0.6 is 0 Å². The third kappa shape index (κ3) is 3.77. The van der Waals surface area contributed by atoms with E-state index in [0.29, 0.717) is 24.9 Å². The molecule has 0 saturated carbocycles. The van der Waals surface area contributed by atoms with Crippen LogP contribution in [0.5, 0.6) is 0 Å². The summed E-state index contributed by atoms with van der Waals surface area (Å²) < 4.78 is 23.2. The van der Waals surface area contributed by atoms with Gasteiger partial charge < -0.3 is 10.2 Å². The average molecular weight is 350 g/mol. The standard InChI is InChI=1S/C17H22N2O4S/c1-17(8-10-24(22,23)12-17)18-16(21)14-6-4-13(5-7-14)11-19-9-2-3-15(19)20/h4-7H,2-3,8-12H2,1H3,(H,18,21)/t17-/m0/s1. The fourth-order valence-electron chi connectivity index (χ4n) is 3.31. The lowest BCUT2D eigenvalue weighted by Gasteiger charge is -2.24. The third-order valence-corrected chi connectivity index (χ3v) is 6.58. The fraction of sp³-hybridized carbons (Fsp3) is 0.529. The van der Waals surface area contributed by atoms with E-state index in [1.54, 1.807) is 19.1 Å². The average Bonchev–Trinajstić information content (AvgIpc) is 3.03. The van der Waals surface area contributed by atoms with Gasteiger partial charge in [0.25, 0.3) is 5.91 Å². The molecular formula is C17H22N2O4S. The van der Waals surface area contributed by atoms with Crippen molar-refractivity contribution >= 4 is 21.7 Å². The SMILES string of the molecule is C[C@]1(NC(=O)c2ccc(CN3CCCC3=O)cc2)CCS(=O)(=O)C1. The van der Waals surface area contributed by atoms with Crippen LogP contribution in [0.3, 0.4) is 0 Å². The predicted octanol–water partition coefficient (Wildman–Crippen LogP) is 1.12. The summed E-state index contributed by atoms with van der Waals surface area (Å²) in [7, 11) is -3.06. The monoisotopic (exact) mass is 350 g/mol. The Morgan fingerprint density at radius 2 is 2.00 bits per heavy atom. The Kier molecular flexibility index (Phi) is 4.38. The van der Waals surface area contributed by atoms with Gasteiger partial charge in [0.05, 0.1) is 17.0 Å². The smallest absolute Gasteiger partial charge is 0.251 e. The number of amides is 2. The molecule has 0 unspecified atom stereocenters. The van der Waals surface area contributed by atoms with Crippen molar-refractivity contribution in [1.29, 1.82) is 0 Å². The molecule has 0 radical (unpaired) electrons. The number of nitrogens with one attached hydrogen (secondary N) is 1. The third-order valence-electron chi connectivity index (χ3n) is 4.68. The number of carbonyl (C=O) groups excluding carboxylic acids is 2. The minimum Gasteiger partial charge on any atom is -0.346 e. The lowest BCUT2D eigenvalue weighted by atomic mass is 10.0. The van der Waals surface area contributed by atoms with E-state index < -0.39 is 15.4 Å². The van der Waals surface area contributed by atoms with E-state index in [9.17, 15) is 18.0 Å². The van der Waals surface area contributed by atoms with E-state index in [2.05, 4.69) is 5.32 Å². The van der Waals surface area contributed by atoms with Crippen molar-refractivity contribution in [2.75, 3.05) is 18.1 Å². The Balaban J connectivity index is 1.63. The lowest BCUT2D eigenvalue weighted by Crippen LogP contribution is -2.46. The molecule has 1 aromatic carbocycles. The first-order valence-electron chi connectivity index (χ1n) is 8.16. The molecule has 2 amide bonds. The second-order valence-electron chi connectivity index (χ2n) is 6.97. The van der Waals surface area contributed by atoms with Crippen LogP contribution in [0.15, 0.2) is 24.3 Å². The number of carbonyl (C=O) groups is 2. The fourth-order valence-corrected chi connectivity index (χ4v) is 5.40. The van der Waals surface area contributed by atoms with Crippen LogP contribution in [-0.2, 0) is 21.2 Å². The van der Waals surface area contributed by atoms with Crippen molar-refractivity contribution in [3.05, 3.63) is 35.4 Å². The molecule has 2 aliphatic heterocycles. The van der Waals surface area contributed by atoms with E-state index in [1.165, 1.54) is 0 Å². The van der Waals surface area contributed by atoms with Gasteiger partial charge >= 0.3 is 0 Å². The maximum absolute atomic E-state index is 12.4. The molecule has 6 nitrogen and oxygen atoms in total. The van der Waals surface area contributed by atoms with Gasteiger partial charge in [0.1, 0.15) is 0 Å². The van der Waals surface area contributed by atoms with Gasteiger partial charge in [-0.3, -0.25) is 9.59 Å². The number of sulfone groups is 1. The topological polar surface area (TPSA) is 83.6 Å². The van der Waals surface area contributed by atoms with Crippen LogP contribution in [0.2, 0.25) is 0 Å². The molecule has 2 heterocycles. The predicted molar refractivity (Wildman–Crippen MR) is 90.2 cm³/mol. The van der Waals surface area contributed by atoms with Gasteiger partial charge in [0.2, 0.25) is 5.91 Å². The van der Waals surface area contributed by atoms with Crippen molar-refractivity contribution in [3.8, 4) is 0 Å². The van der Waals surface area contributed by atoms with Crippen molar-refractivity contribution in [1.82, 2.24) is 10.2 Å². The molecule has 1 aromatic rings. The summed E-state index contributed by atoms with van der Waals surface area (Å²) in [4.78, 5) is 25.8. The van der Waals surface area contributed by atoms with E-state index in [-0.39, 0.29) is 23.3 Å². The molecule has 3 rings (SSSR count). The van der Waals surface area contributed by atoms with Gasteiger partial charge in [-0.2, -0.15) is 0 Å². The van der Waals surface area contributed by atoms with Crippen LogP contribution in [-0.4, -0.2) is 48.7 Å². The van der Waals surface area contributed by atoms with Gasteiger partial charge in [0, 0.05) is 25.1 Å². The Morgan fingerprint density at radius 3 is 2.54 bits per heavy atom. The Hall–Kier alpha value is -1.89. The zero-order valence-electron chi connectivity index (χ0n) is 13.7.